The highest BCUT2D eigenvalue weighted by atomic mass is 16.5. The molecule has 0 heterocycles. The molecule has 0 spiro atoms. The first-order valence-electron chi connectivity index (χ1n) is 6.57. The number of phenols is 2. The van der Waals surface area contributed by atoms with Gasteiger partial charge in [-0.15, -0.1) is 0 Å². The minimum atomic E-state index is -0.637. The van der Waals surface area contributed by atoms with Crippen LogP contribution in [-0.4, -0.2) is 26.4 Å². The Balaban J connectivity index is 2.11. The van der Waals surface area contributed by atoms with Crippen molar-refractivity contribution in [3.8, 4) is 11.5 Å². The molecule has 4 N–H and O–H groups in total. The summed E-state index contributed by atoms with van der Waals surface area (Å²) in [5.74, 6) is -1.26. The number of esters is 1. The highest BCUT2D eigenvalue weighted by Gasteiger charge is 2.12. The maximum Gasteiger partial charge on any atom is 0.338 e. The van der Waals surface area contributed by atoms with E-state index in [4.69, 9.17) is 9.84 Å². The number of hydrogen-bond donors (Lipinski definition) is 4. The van der Waals surface area contributed by atoms with Gasteiger partial charge in [0.05, 0.1) is 18.8 Å². The summed E-state index contributed by atoms with van der Waals surface area (Å²) in [6, 6.07) is 8.83. The molecular formula is C16H16O6. The van der Waals surface area contributed by atoms with E-state index >= 15 is 0 Å². The summed E-state index contributed by atoms with van der Waals surface area (Å²) in [7, 11) is 0. The van der Waals surface area contributed by atoms with E-state index in [9.17, 15) is 20.1 Å². The van der Waals surface area contributed by atoms with Crippen LogP contribution in [0.1, 0.15) is 27.0 Å². The Morgan fingerprint density at radius 3 is 2.36 bits per heavy atom. The van der Waals surface area contributed by atoms with Crippen LogP contribution >= 0.6 is 0 Å². The van der Waals surface area contributed by atoms with E-state index in [0.717, 1.165) is 0 Å². The van der Waals surface area contributed by atoms with E-state index < -0.39 is 5.97 Å². The number of hydrogen-bond acceptors (Lipinski definition) is 6. The van der Waals surface area contributed by atoms with Gasteiger partial charge in [-0.1, -0.05) is 18.2 Å². The molecule has 0 radical (unpaired) electrons. The molecule has 0 aromatic heterocycles. The van der Waals surface area contributed by atoms with Crippen LogP contribution in [0.4, 0.5) is 0 Å². The Kier molecular flexibility index (Phi) is 4.98. The Hall–Kier alpha value is -2.57. The van der Waals surface area contributed by atoms with Gasteiger partial charge in [-0.2, -0.15) is 0 Å². The summed E-state index contributed by atoms with van der Waals surface area (Å²) in [5.41, 5.74) is 1.48. The first kappa shape index (κ1) is 15.8. The molecule has 0 atom stereocenters. The van der Waals surface area contributed by atoms with E-state index in [-0.39, 0.29) is 42.4 Å². The molecule has 6 heteroatoms. The van der Waals surface area contributed by atoms with Crippen molar-refractivity contribution in [2.24, 2.45) is 0 Å². The predicted molar refractivity (Wildman–Crippen MR) is 77.2 cm³/mol. The minimum Gasteiger partial charge on any atom is -0.504 e. The number of carbonyl (C=O) groups excluding carboxylic acids is 1. The molecule has 0 aliphatic heterocycles. The average molecular weight is 304 g/mol. The fourth-order valence-electron chi connectivity index (χ4n) is 1.98. The highest BCUT2D eigenvalue weighted by Crippen LogP contribution is 2.28. The van der Waals surface area contributed by atoms with Crippen LogP contribution in [-0.2, 0) is 24.6 Å². The second kappa shape index (κ2) is 6.93. The number of para-hydroxylation sites is 1. The van der Waals surface area contributed by atoms with Crippen molar-refractivity contribution in [2.45, 2.75) is 19.8 Å². The smallest absolute Gasteiger partial charge is 0.338 e. The third-order valence-corrected chi connectivity index (χ3v) is 3.24. The molecule has 0 aliphatic rings. The summed E-state index contributed by atoms with van der Waals surface area (Å²) in [5, 5.41) is 37.3. The van der Waals surface area contributed by atoms with E-state index in [2.05, 4.69) is 0 Å². The number of aliphatic hydroxyl groups is 2. The second-order valence-electron chi connectivity index (χ2n) is 4.66. The van der Waals surface area contributed by atoms with Crippen LogP contribution in [0.2, 0.25) is 0 Å². The molecule has 2 rings (SSSR count). The molecule has 2 aromatic carbocycles. The number of aliphatic hydroxyl groups excluding tert-OH is 2. The Morgan fingerprint density at radius 1 is 0.955 bits per heavy atom. The van der Waals surface area contributed by atoms with Gasteiger partial charge < -0.3 is 25.2 Å². The summed E-state index contributed by atoms with van der Waals surface area (Å²) in [4.78, 5) is 12.0. The van der Waals surface area contributed by atoms with Crippen LogP contribution in [0, 0.1) is 0 Å². The van der Waals surface area contributed by atoms with Crippen molar-refractivity contribution in [2.75, 3.05) is 0 Å². The molecule has 2 aromatic rings. The van der Waals surface area contributed by atoms with Crippen molar-refractivity contribution in [1.29, 1.82) is 0 Å². The number of aromatic hydroxyl groups is 2. The van der Waals surface area contributed by atoms with Gasteiger partial charge in [0.2, 0.25) is 0 Å². The number of carbonyl (C=O) groups is 1. The molecule has 6 nitrogen and oxygen atoms in total. The third-order valence-electron chi connectivity index (χ3n) is 3.24. The topological polar surface area (TPSA) is 107 Å². The maximum atomic E-state index is 12.0. The van der Waals surface area contributed by atoms with Gasteiger partial charge in [0.25, 0.3) is 0 Å². The molecule has 0 unspecified atom stereocenters. The fraction of sp³-hybridized carbons (Fsp3) is 0.188. The van der Waals surface area contributed by atoms with Crippen LogP contribution in [0.15, 0.2) is 36.4 Å². The Morgan fingerprint density at radius 2 is 1.68 bits per heavy atom. The third kappa shape index (κ3) is 3.36. The van der Waals surface area contributed by atoms with Crippen molar-refractivity contribution >= 4 is 5.97 Å². The Labute approximate surface area is 126 Å². The van der Waals surface area contributed by atoms with Gasteiger partial charge in [0.15, 0.2) is 11.5 Å². The van der Waals surface area contributed by atoms with Crippen LogP contribution in [0.25, 0.3) is 0 Å². The second-order valence-corrected chi connectivity index (χ2v) is 4.66. The molecular weight excluding hydrogens is 288 g/mol. The van der Waals surface area contributed by atoms with Crippen LogP contribution in [0.5, 0.6) is 11.5 Å². The number of rotatable bonds is 5. The molecule has 0 fully saturated rings. The number of phenolic OH excluding ortho intramolecular Hbond substituents is 2. The van der Waals surface area contributed by atoms with E-state index in [1.54, 1.807) is 0 Å². The van der Waals surface area contributed by atoms with Gasteiger partial charge >= 0.3 is 5.97 Å². The summed E-state index contributed by atoms with van der Waals surface area (Å²) < 4.78 is 5.07. The van der Waals surface area contributed by atoms with Crippen molar-refractivity contribution < 1.29 is 30.0 Å². The average Bonchev–Trinajstić information content (AvgIpc) is 2.55. The van der Waals surface area contributed by atoms with E-state index in [0.29, 0.717) is 11.1 Å². The van der Waals surface area contributed by atoms with Gasteiger partial charge in [-0.3, -0.25) is 0 Å². The summed E-state index contributed by atoms with van der Waals surface area (Å²) in [6.07, 6.45) is 0. The van der Waals surface area contributed by atoms with Crippen molar-refractivity contribution in [1.82, 2.24) is 0 Å². The predicted octanol–water partition coefficient (Wildman–Crippen LogP) is 1.44. The monoisotopic (exact) mass is 304 g/mol. The Bertz CT molecular complexity index is 680. The first-order valence-corrected chi connectivity index (χ1v) is 6.57. The van der Waals surface area contributed by atoms with E-state index in [1.165, 1.54) is 36.4 Å². The zero-order valence-corrected chi connectivity index (χ0v) is 11.7. The SMILES string of the molecule is O=C(OCc1cccc(O)c1O)c1ccc(CO)c(CO)c1. The lowest BCUT2D eigenvalue weighted by Crippen LogP contribution is -2.07. The van der Waals surface area contributed by atoms with Gasteiger partial charge in [-0.05, 0) is 29.3 Å². The standard InChI is InChI=1S/C16H16O6/c17-7-11-5-4-10(6-13(11)8-18)16(21)22-9-12-2-1-3-14(19)15(12)20/h1-6,17-20H,7-9H2. The zero-order chi connectivity index (χ0) is 16.1. The maximum absolute atomic E-state index is 12.0. The molecule has 0 saturated heterocycles. The lowest BCUT2D eigenvalue weighted by atomic mass is 10.0. The quantitative estimate of drug-likeness (QED) is 0.492. The lowest BCUT2D eigenvalue weighted by molar-refractivity contribution is 0.0469. The molecule has 0 bridgehead atoms. The summed E-state index contributed by atoms with van der Waals surface area (Å²) in [6.45, 7) is -0.734. The molecule has 0 amide bonds. The fourth-order valence-corrected chi connectivity index (χ4v) is 1.98. The van der Waals surface area contributed by atoms with E-state index in [1.807, 2.05) is 0 Å². The first-order chi connectivity index (χ1) is 10.6. The summed E-state index contributed by atoms with van der Waals surface area (Å²) >= 11 is 0. The molecule has 0 aliphatic carbocycles. The minimum absolute atomic E-state index is 0.199. The van der Waals surface area contributed by atoms with Crippen molar-refractivity contribution in [3.05, 3.63) is 58.7 Å². The van der Waals surface area contributed by atoms with Gasteiger partial charge in [0.1, 0.15) is 6.61 Å². The van der Waals surface area contributed by atoms with Gasteiger partial charge in [0, 0.05) is 5.56 Å². The normalized spacial score (nSPS) is 10.5. The number of benzene rings is 2. The zero-order valence-electron chi connectivity index (χ0n) is 11.7. The highest BCUT2D eigenvalue weighted by molar-refractivity contribution is 5.89. The molecule has 116 valence electrons. The van der Waals surface area contributed by atoms with Gasteiger partial charge in [-0.25, -0.2) is 4.79 Å². The van der Waals surface area contributed by atoms with Crippen molar-refractivity contribution in [3.63, 3.8) is 0 Å². The molecule has 0 saturated carbocycles. The largest absolute Gasteiger partial charge is 0.504 e. The van der Waals surface area contributed by atoms with Crippen LogP contribution in [0.3, 0.4) is 0 Å². The lowest BCUT2D eigenvalue weighted by Gasteiger charge is -2.10. The number of ether oxygens (including phenoxy) is 1. The molecule has 22 heavy (non-hydrogen) atoms. The van der Waals surface area contributed by atoms with Crippen LogP contribution < -0.4 is 0 Å².